The van der Waals surface area contributed by atoms with Crippen LogP contribution in [0.2, 0.25) is 0 Å². The number of nitrogens with zero attached hydrogens (tertiary/aromatic N) is 1. The predicted octanol–water partition coefficient (Wildman–Crippen LogP) is 3.13. The molecule has 1 aliphatic rings. The molecule has 0 aliphatic carbocycles. The normalized spacial score (nSPS) is 24.4. The number of nitrogens with one attached hydrogen (secondary N) is 1. The summed E-state index contributed by atoms with van der Waals surface area (Å²) in [5.74, 6) is 0. The maximum atomic E-state index is 3.40. The Hall–Kier alpha value is -0.0800. The van der Waals surface area contributed by atoms with Crippen LogP contribution in [0.4, 0.5) is 0 Å². The van der Waals surface area contributed by atoms with Crippen molar-refractivity contribution < 1.29 is 0 Å². The van der Waals surface area contributed by atoms with Gasteiger partial charge in [0.05, 0.1) is 0 Å². The lowest BCUT2D eigenvalue weighted by atomic mass is 9.84. The van der Waals surface area contributed by atoms with E-state index in [2.05, 4.69) is 51.9 Å². The minimum atomic E-state index is 0.350. The molecule has 0 amide bonds. The summed E-state index contributed by atoms with van der Waals surface area (Å²) in [6.07, 6.45) is 4.08. The standard InChI is InChI=1S/C15H32N2/c1-13(16-6)15(4,5)12-17-10-7-8-14(2,3)9-11-17/h13,16H,7-12H2,1-6H3. The van der Waals surface area contributed by atoms with Gasteiger partial charge in [0.2, 0.25) is 0 Å². The van der Waals surface area contributed by atoms with Gasteiger partial charge >= 0.3 is 0 Å². The first-order valence-electron chi connectivity index (χ1n) is 7.16. The summed E-state index contributed by atoms with van der Waals surface area (Å²) in [7, 11) is 2.07. The van der Waals surface area contributed by atoms with Gasteiger partial charge in [0.1, 0.15) is 0 Å². The van der Waals surface area contributed by atoms with E-state index < -0.39 is 0 Å². The number of hydrogen-bond donors (Lipinski definition) is 1. The van der Waals surface area contributed by atoms with E-state index in [1.54, 1.807) is 0 Å². The Morgan fingerprint density at radius 2 is 1.88 bits per heavy atom. The quantitative estimate of drug-likeness (QED) is 0.812. The predicted molar refractivity (Wildman–Crippen MR) is 76.4 cm³/mol. The molecular weight excluding hydrogens is 208 g/mol. The Morgan fingerprint density at radius 3 is 2.47 bits per heavy atom. The van der Waals surface area contributed by atoms with E-state index in [0.717, 1.165) is 0 Å². The van der Waals surface area contributed by atoms with Gasteiger partial charge in [-0.3, -0.25) is 0 Å². The van der Waals surface area contributed by atoms with Crippen LogP contribution in [0.5, 0.6) is 0 Å². The van der Waals surface area contributed by atoms with Gasteiger partial charge in [-0.2, -0.15) is 0 Å². The van der Waals surface area contributed by atoms with Crippen molar-refractivity contribution in [3.8, 4) is 0 Å². The molecule has 1 unspecified atom stereocenters. The second-order valence-electron chi connectivity index (χ2n) is 7.29. The molecule has 1 N–H and O–H groups in total. The van der Waals surface area contributed by atoms with Crippen molar-refractivity contribution in [3.63, 3.8) is 0 Å². The maximum absolute atomic E-state index is 3.40. The van der Waals surface area contributed by atoms with E-state index in [-0.39, 0.29) is 0 Å². The fourth-order valence-electron chi connectivity index (χ4n) is 2.74. The molecule has 0 bridgehead atoms. The summed E-state index contributed by atoms with van der Waals surface area (Å²) < 4.78 is 0. The topological polar surface area (TPSA) is 15.3 Å². The van der Waals surface area contributed by atoms with Gasteiger partial charge in [-0.25, -0.2) is 0 Å². The van der Waals surface area contributed by atoms with E-state index in [4.69, 9.17) is 0 Å². The van der Waals surface area contributed by atoms with Crippen LogP contribution in [0.3, 0.4) is 0 Å². The van der Waals surface area contributed by atoms with E-state index in [1.807, 2.05) is 0 Å². The third-order valence-corrected chi connectivity index (χ3v) is 4.67. The highest BCUT2D eigenvalue weighted by atomic mass is 15.1. The molecule has 1 atom stereocenters. The van der Waals surface area contributed by atoms with Gasteiger partial charge in [0.15, 0.2) is 0 Å². The molecule has 17 heavy (non-hydrogen) atoms. The fraction of sp³-hybridized carbons (Fsp3) is 1.00. The molecule has 0 spiro atoms. The van der Waals surface area contributed by atoms with E-state index in [0.29, 0.717) is 16.9 Å². The first kappa shape index (κ1) is 15.0. The lowest BCUT2D eigenvalue weighted by molar-refractivity contribution is 0.146. The monoisotopic (exact) mass is 240 g/mol. The first-order chi connectivity index (χ1) is 7.77. The van der Waals surface area contributed by atoms with Gasteiger partial charge in [-0.15, -0.1) is 0 Å². The number of hydrogen-bond acceptors (Lipinski definition) is 2. The highest BCUT2D eigenvalue weighted by Gasteiger charge is 2.30. The van der Waals surface area contributed by atoms with Crippen molar-refractivity contribution >= 4 is 0 Å². The molecule has 2 nitrogen and oxygen atoms in total. The SMILES string of the molecule is CNC(C)C(C)(C)CN1CCCC(C)(C)CC1. The second kappa shape index (κ2) is 5.71. The Balaban J connectivity index is 2.52. The maximum Gasteiger partial charge on any atom is 0.00991 e. The molecule has 0 aromatic heterocycles. The average molecular weight is 240 g/mol. The van der Waals surface area contributed by atoms with Crippen LogP contribution >= 0.6 is 0 Å². The fourth-order valence-corrected chi connectivity index (χ4v) is 2.74. The largest absolute Gasteiger partial charge is 0.317 e. The minimum Gasteiger partial charge on any atom is -0.317 e. The Kier molecular flexibility index (Phi) is 5.03. The molecule has 2 heteroatoms. The van der Waals surface area contributed by atoms with Crippen molar-refractivity contribution in [1.29, 1.82) is 0 Å². The average Bonchev–Trinajstić information content (AvgIpc) is 2.38. The lowest BCUT2D eigenvalue weighted by Gasteiger charge is -2.37. The summed E-state index contributed by atoms with van der Waals surface area (Å²) in [6.45, 7) is 15.6. The van der Waals surface area contributed by atoms with Gasteiger partial charge in [0.25, 0.3) is 0 Å². The molecule has 1 fully saturated rings. The molecule has 0 aromatic carbocycles. The van der Waals surface area contributed by atoms with Gasteiger partial charge in [-0.05, 0) is 57.2 Å². The van der Waals surface area contributed by atoms with Gasteiger partial charge in [-0.1, -0.05) is 27.7 Å². The van der Waals surface area contributed by atoms with Crippen LogP contribution in [-0.4, -0.2) is 37.6 Å². The third kappa shape index (κ3) is 4.59. The molecule has 0 radical (unpaired) electrons. The first-order valence-corrected chi connectivity index (χ1v) is 7.16. The van der Waals surface area contributed by atoms with Crippen molar-refractivity contribution in [2.75, 3.05) is 26.7 Å². The molecule has 0 saturated carbocycles. The minimum absolute atomic E-state index is 0.350. The van der Waals surface area contributed by atoms with E-state index in [9.17, 15) is 0 Å². The van der Waals surface area contributed by atoms with Crippen molar-refractivity contribution in [2.24, 2.45) is 10.8 Å². The molecular formula is C15H32N2. The van der Waals surface area contributed by atoms with Crippen LogP contribution in [0, 0.1) is 10.8 Å². The molecule has 1 saturated heterocycles. The van der Waals surface area contributed by atoms with Crippen molar-refractivity contribution in [1.82, 2.24) is 10.2 Å². The van der Waals surface area contributed by atoms with Crippen molar-refractivity contribution in [2.45, 2.75) is 59.9 Å². The van der Waals surface area contributed by atoms with Crippen LogP contribution in [0.25, 0.3) is 0 Å². The Morgan fingerprint density at radius 1 is 1.24 bits per heavy atom. The third-order valence-electron chi connectivity index (χ3n) is 4.67. The Labute approximate surface area is 108 Å². The summed E-state index contributed by atoms with van der Waals surface area (Å²) in [5.41, 5.74) is 0.900. The highest BCUT2D eigenvalue weighted by Crippen LogP contribution is 2.31. The van der Waals surface area contributed by atoms with Gasteiger partial charge in [0, 0.05) is 12.6 Å². The molecule has 1 aliphatic heterocycles. The van der Waals surface area contributed by atoms with E-state index >= 15 is 0 Å². The summed E-state index contributed by atoms with van der Waals surface area (Å²) in [5, 5.41) is 3.40. The smallest absolute Gasteiger partial charge is 0.00991 e. The van der Waals surface area contributed by atoms with E-state index in [1.165, 1.54) is 38.9 Å². The summed E-state index contributed by atoms with van der Waals surface area (Å²) in [4.78, 5) is 2.67. The lowest BCUT2D eigenvalue weighted by Crippen LogP contribution is -2.46. The molecule has 0 aromatic rings. The zero-order valence-corrected chi connectivity index (χ0v) is 12.8. The zero-order chi connectivity index (χ0) is 13.1. The van der Waals surface area contributed by atoms with Crippen LogP contribution in [-0.2, 0) is 0 Å². The highest BCUT2D eigenvalue weighted by molar-refractivity contribution is 4.85. The molecule has 1 heterocycles. The summed E-state index contributed by atoms with van der Waals surface area (Å²) in [6, 6.07) is 0.568. The number of likely N-dealkylation sites (tertiary alicyclic amines) is 1. The number of rotatable bonds is 4. The van der Waals surface area contributed by atoms with Crippen LogP contribution in [0.15, 0.2) is 0 Å². The Bertz CT molecular complexity index is 233. The zero-order valence-electron chi connectivity index (χ0n) is 12.8. The van der Waals surface area contributed by atoms with Crippen LogP contribution < -0.4 is 5.32 Å². The van der Waals surface area contributed by atoms with Crippen LogP contribution in [0.1, 0.15) is 53.9 Å². The molecule has 1 rings (SSSR count). The van der Waals surface area contributed by atoms with Crippen molar-refractivity contribution in [3.05, 3.63) is 0 Å². The second-order valence-corrected chi connectivity index (χ2v) is 7.29. The van der Waals surface area contributed by atoms with Gasteiger partial charge < -0.3 is 10.2 Å². The molecule has 102 valence electrons. The summed E-state index contributed by atoms with van der Waals surface area (Å²) >= 11 is 0.